The third kappa shape index (κ3) is 3.28. The van der Waals surface area contributed by atoms with Gasteiger partial charge in [0.25, 0.3) is 0 Å². The van der Waals surface area contributed by atoms with Crippen molar-refractivity contribution in [2.45, 2.75) is 12.3 Å². The van der Waals surface area contributed by atoms with Gasteiger partial charge in [-0.05, 0) is 30.2 Å². The van der Waals surface area contributed by atoms with Crippen molar-refractivity contribution in [3.05, 3.63) is 54.1 Å². The van der Waals surface area contributed by atoms with Crippen molar-refractivity contribution in [3.8, 4) is 5.75 Å². The second-order valence-corrected chi connectivity index (χ2v) is 4.08. The van der Waals surface area contributed by atoms with Crippen LogP contribution < -0.4 is 4.74 Å². The highest BCUT2D eigenvalue weighted by molar-refractivity contribution is 5.75. The van der Waals surface area contributed by atoms with Gasteiger partial charge in [-0.25, -0.2) is 9.97 Å². The summed E-state index contributed by atoms with van der Waals surface area (Å²) in [4.78, 5) is 19.2. The van der Waals surface area contributed by atoms with Crippen LogP contribution in [0.25, 0.3) is 0 Å². The first-order valence-electron chi connectivity index (χ1n) is 5.82. The molecular weight excluding hydrogens is 244 g/mol. The van der Waals surface area contributed by atoms with Crippen LogP contribution in [0.5, 0.6) is 5.75 Å². The molecule has 0 saturated heterocycles. The third-order valence-corrected chi connectivity index (χ3v) is 2.83. The van der Waals surface area contributed by atoms with Gasteiger partial charge in [-0.2, -0.15) is 0 Å². The standard InChI is InChI=1S/C14H14N2O3/c1-19-11-4-2-3-10(7-11)8-12(14(17)18)13-5-6-15-9-16-13/h2-7,9,12H,8H2,1H3,(H,17,18). The molecule has 1 aromatic carbocycles. The van der Waals surface area contributed by atoms with E-state index in [0.29, 0.717) is 17.9 Å². The predicted molar refractivity (Wildman–Crippen MR) is 69.1 cm³/mol. The zero-order valence-electron chi connectivity index (χ0n) is 10.5. The fourth-order valence-electron chi connectivity index (χ4n) is 1.86. The number of carbonyl (C=O) groups is 1. The summed E-state index contributed by atoms with van der Waals surface area (Å²) in [5, 5.41) is 9.32. The van der Waals surface area contributed by atoms with E-state index >= 15 is 0 Å². The number of methoxy groups -OCH3 is 1. The summed E-state index contributed by atoms with van der Waals surface area (Å²) >= 11 is 0. The average molecular weight is 258 g/mol. The quantitative estimate of drug-likeness (QED) is 0.886. The highest BCUT2D eigenvalue weighted by Crippen LogP contribution is 2.21. The summed E-state index contributed by atoms with van der Waals surface area (Å²) in [6, 6.07) is 8.99. The van der Waals surface area contributed by atoms with Gasteiger partial charge in [-0.3, -0.25) is 4.79 Å². The van der Waals surface area contributed by atoms with Crippen molar-refractivity contribution < 1.29 is 14.6 Å². The Morgan fingerprint density at radius 2 is 2.26 bits per heavy atom. The molecule has 0 bridgehead atoms. The summed E-state index contributed by atoms with van der Waals surface area (Å²) < 4.78 is 5.13. The number of ether oxygens (including phenoxy) is 1. The molecule has 0 aliphatic heterocycles. The molecule has 2 rings (SSSR count). The molecule has 0 aliphatic carbocycles. The average Bonchev–Trinajstić information content (AvgIpc) is 2.45. The van der Waals surface area contributed by atoms with Gasteiger partial charge in [0.05, 0.1) is 12.8 Å². The number of hydrogen-bond donors (Lipinski definition) is 1. The lowest BCUT2D eigenvalue weighted by Gasteiger charge is -2.12. The van der Waals surface area contributed by atoms with Crippen LogP contribution in [-0.2, 0) is 11.2 Å². The fraction of sp³-hybridized carbons (Fsp3) is 0.214. The number of hydrogen-bond acceptors (Lipinski definition) is 4. The van der Waals surface area contributed by atoms with Gasteiger partial charge < -0.3 is 9.84 Å². The second-order valence-electron chi connectivity index (χ2n) is 4.08. The first-order valence-corrected chi connectivity index (χ1v) is 5.82. The van der Waals surface area contributed by atoms with Gasteiger partial charge in [-0.1, -0.05) is 12.1 Å². The lowest BCUT2D eigenvalue weighted by atomic mass is 9.96. The monoisotopic (exact) mass is 258 g/mol. The van der Waals surface area contributed by atoms with Crippen molar-refractivity contribution in [2.75, 3.05) is 7.11 Å². The van der Waals surface area contributed by atoms with E-state index in [2.05, 4.69) is 9.97 Å². The molecule has 19 heavy (non-hydrogen) atoms. The third-order valence-electron chi connectivity index (χ3n) is 2.83. The van der Waals surface area contributed by atoms with E-state index in [-0.39, 0.29) is 0 Å². The van der Waals surface area contributed by atoms with Crippen molar-refractivity contribution in [1.29, 1.82) is 0 Å². The lowest BCUT2D eigenvalue weighted by molar-refractivity contribution is -0.138. The van der Waals surface area contributed by atoms with Crippen molar-refractivity contribution >= 4 is 5.97 Å². The molecule has 2 aromatic rings. The lowest BCUT2D eigenvalue weighted by Crippen LogP contribution is -2.15. The Labute approximate surface area is 110 Å². The molecule has 5 heteroatoms. The number of carboxylic acids is 1. The molecule has 1 heterocycles. The van der Waals surface area contributed by atoms with Gasteiger partial charge in [0.1, 0.15) is 18.0 Å². The second kappa shape index (κ2) is 5.95. The maximum atomic E-state index is 11.4. The van der Waals surface area contributed by atoms with Crippen molar-refractivity contribution in [2.24, 2.45) is 0 Å². The Hall–Kier alpha value is -2.43. The number of benzene rings is 1. The van der Waals surface area contributed by atoms with Crippen molar-refractivity contribution in [3.63, 3.8) is 0 Å². The van der Waals surface area contributed by atoms with Crippen LogP contribution in [0.3, 0.4) is 0 Å². The fourth-order valence-corrected chi connectivity index (χ4v) is 1.86. The maximum absolute atomic E-state index is 11.4. The van der Waals surface area contributed by atoms with Gasteiger partial charge >= 0.3 is 5.97 Å². The normalized spacial score (nSPS) is 11.8. The highest BCUT2D eigenvalue weighted by atomic mass is 16.5. The van der Waals surface area contributed by atoms with Crippen LogP contribution in [0.15, 0.2) is 42.9 Å². The van der Waals surface area contributed by atoms with Gasteiger partial charge in [-0.15, -0.1) is 0 Å². The molecule has 0 fully saturated rings. The Kier molecular flexibility index (Phi) is 4.07. The Bertz CT molecular complexity index is 558. The zero-order valence-corrected chi connectivity index (χ0v) is 10.5. The first kappa shape index (κ1) is 13.0. The zero-order chi connectivity index (χ0) is 13.7. The van der Waals surface area contributed by atoms with E-state index in [9.17, 15) is 9.90 Å². The van der Waals surface area contributed by atoms with E-state index in [1.807, 2.05) is 24.3 Å². The number of aromatic nitrogens is 2. The van der Waals surface area contributed by atoms with E-state index < -0.39 is 11.9 Å². The van der Waals surface area contributed by atoms with Crippen LogP contribution in [-0.4, -0.2) is 28.2 Å². The van der Waals surface area contributed by atoms with Gasteiger partial charge in [0, 0.05) is 6.20 Å². The van der Waals surface area contributed by atoms with Crippen molar-refractivity contribution in [1.82, 2.24) is 9.97 Å². The minimum atomic E-state index is -0.901. The Balaban J connectivity index is 2.24. The van der Waals surface area contributed by atoms with E-state index in [0.717, 1.165) is 5.56 Å². The molecular formula is C14H14N2O3. The number of aliphatic carboxylic acids is 1. The minimum Gasteiger partial charge on any atom is -0.497 e. The van der Waals surface area contributed by atoms with E-state index in [4.69, 9.17) is 4.74 Å². The summed E-state index contributed by atoms with van der Waals surface area (Å²) in [5.74, 6) is -0.874. The topological polar surface area (TPSA) is 72.3 Å². The first-order chi connectivity index (χ1) is 9.20. The number of rotatable bonds is 5. The summed E-state index contributed by atoms with van der Waals surface area (Å²) in [6.45, 7) is 0. The smallest absolute Gasteiger partial charge is 0.312 e. The van der Waals surface area contributed by atoms with E-state index in [1.54, 1.807) is 19.4 Å². The Morgan fingerprint density at radius 3 is 2.89 bits per heavy atom. The molecule has 1 atom stereocenters. The predicted octanol–water partition coefficient (Wildman–Crippen LogP) is 1.90. The number of carboxylic acid groups (broad SMARTS) is 1. The summed E-state index contributed by atoms with van der Waals surface area (Å²) in [7, 11) is 1.58. The van der Waals surface area contributed by atoms with Crippen LogP contribution in [0.1, 0.15) is 17.2 Å². The molecule has 0 radical (unpaired) electrons. The van der Waals surface area contributed by atoms with Gasteiger partial charge in [0.15, 0.2) is 0 Å². The summed E-state index contributed by atoms with van der Waals surface area (Å²) in [6.07, 6.45) is 3.27. The van der Waals surface area contributed by atoms with Gasteiger partial charge in [0.2, 0.25) is 0 Å². The SMILES string of the molecule is COc1cccc(CC(C(=O)O)c2ccncn2)c1. The molecule has 98 valence electrons. The molecule has 1 N–H and O–H groups in total. The van der Waals surface area contributed by atoms with E-state index in [1.165, 1.54) is 6.33 Å². The molecule has 0 spiro atoms. The van der Waals surface area contributed by atoms with Crippen LogP contribution in [0.4, 0.5) is 0 Å². The molecule has 1 aromatic heterocycles. The highest BCUT2D eigenvalue weighted by Gasteiger charge is 2.21. The number of nitrogens with zero attached hydrogens (tertiary/aromatic N) is 2. The summed E-state index contributed by atoms with van der Waals surface area (Å²) in [5.41, 5.74) is 1.40. The molecule has 0 amide bonds. The molecule has 5 nitrogen and oxygen atoms in total. The minimum absolute atomic E-state index is 0.365. The van der Waals surface area contributed by atoms with Crippen LogP contribution in [0, 0.1) is 0 Å². The van der Waals surface area contributed by atoms with Crippen LogP contribution >= 0.6 is 0 Å². The largest absolute Gasteiger partial charge is 0.497 e. The molecule has 0 saturated carbocycles. The molecule has 0 aliphatic rings. The Morgan fingerprint density at radius 1 is 1.42 bits per heavy atom. The maximum Gasteiger partial charge on any atom is 0.312 e. The van der Waals surface area contributed by atoms with Crippen LogP contribution in [0.2, 0.25) is 0 Å². The molecule has 1 unspecified atom stereocenters.